The SMILES string of the molecule is COC(=O)C(Cl)CNC(=O)c1ccc(=O)[nH]c1. The lowest BCUT2D eigenvalue weighted by Crippen LogP contribution is -2.34. The Kier molecular flexibility index (Phi) is 4.71. The maximum atomic E-state index is 11.5. The maximum absolute atomic E-state index is 11.5. The molecule has 6 nitrogen and oxygen atoms in total. The van der Waals surface area contributed by atoms with Crippen LogP contribution < -0.4 is 10.9 Å². The second kappa shape index (κ2) is 6.05. The molecule has 0 spiro atoms. The normalized spacial score (nSPS) is 11.6. The number of H-pyrrole nitrogens is 1. The summed E-state index contributed by atoms with van der Waals surface area (Å²) in [5, 5.41) is 1.50. The van der Waals surface area contributed by atoms with E-state index in [4.69, 9.17) is 11.6 Å². The molecule has 1 rings (SSSR count). The van der Waals surface area contributed by atoms with Gasteiger partial charge in [-0.2, -0.15) is 0 Å². The van der Waals surface area contributed by atoms with Crippen LogP contribution in [0.4, 0.5) is 0 Å². The molecule has 1 aromatic rings. The van der Waals surface area contributed by atoms with Crippen LogP contribution in [0.15, 0.2) is 23.1 Å². The third-order valence-corrected chi connectivity index (χ3v) is 2.28. The first-order chi connectivity index (χ1) is 8.04. The Bertz CT molecular complexity index is 451. The molecule has 1 amide bonds. The maximum Gasteiger partial charge on any atom is 0.325 e. The minimum atomic E-state index is -0.938. The van der Waals surface area contributed by atoms with E-state index < -0.39 is 17.3 Å². The van der Waals surface area contributed by atoms with Gasteiger partial charge in [-0.15, -0.1) is 11.6 Å². The van der Waals surface area contributed by atoms with Crippen LogP contribution in [0.1, 0.15) is 10.4 Å². The van der Waals surface area contributed by atoms with E-state index in [0.717, 1.165) is 0 Å². The molecule has 1 atom stereocenters. The van der Waals surface area contributed by atoms with Gasteiger partial charge >= 0.3 is 5.97 Å². The minimum absolute atomic E-state index is 0.0494. The Morgan fingerprint density at radius 2 is 2.24 bits per heavy atom. The van der Waals surface area contributed by atoms with Gasteiger partial charge in [0.15, 0.2) is 0 Å². The fourth-order valence-electron chi connectivity index (χ4n) is 1.05. The highest BCUT2D eigenvalue weighted by molar-refractivity contribution is 6.30. The standard InChI is InChI=1S/C10H11ClN2O4/c1-17-10(16)7(11)5-13-9(15)6-2-3-8(14)12-4-6/h2-4,7H,5H2,1H3,(H,12,14)(H,13,15). The van der Waals surface area contributed by atoms with Crippen molar-refractivity contribution in [2.75, 3.05) is 13.7 Å². The van der Waals surface area contributed by atoms with Gasteiger partial charge in [0.25, 0.3) is 5.91 Å². The molecule has 2 N–H and O–H groups in total. The molecule has 0 aliphatic carbocycles. The van der Waals surface area contributed by atoms with Crippen molar-refractivity contribution in [1.29, 1.82) is 0 Å². The van der Waals surface area contributed by atoms with Gasteiger partial charge < -0.3 is 15.0 Å². The number of esters is 1. The van der Waals surface area contributed by atoms with E-state index in [0.29, 0.717) is 0 Å². The zero-order chi connectivity index (χ0) is 12.8. The van der Waals surface area contributed by atoms with Crippen molar-refractivity contribution >= 4 is 23.5 Å². The second-order valence-corrected chi connectivity index (χ2v) is 3.67. The summed E-state index contributed by atoms with van der Waals surface area (Å²) in [7, 11) is 1.21. The Hall–Kier alpha value is -1.82. The van der Waals surface area contributed by atoms with E-state index in [1.165, 1.54) is 25.4 Å². The summed E-state index contributed by atoms with van der Waals surface area (Å²) in [6, 6.07) is 2.60. The number of methoxy groups -OCH3 is 1. The molecule has 7 heteroatoms. The van der Waals surface area contributed by atoms with Crippen LogP contribution in [0, 0.1) is 0 Å². The third-order valence-electron chi connectivity index (χ3n) is 1.95. The number of ether oxygens (including phenoxy) is 1. The molecule has 0 radical (unpaired) electrons. The number of pyridine rings is 1. The van der Waals surface area contributed by atoms with Gasteiger partial charge in [0, 0.05) is 18.8 Å². The van der Waals surface area contributed by atoms with Crippen molar-refractivity contribution in [3.8, 4) is 0 Å². The first kappa shape index (κ1) is 13.2. The summed E-state index contributed by atoms with van der Waals surface area (Å²) >= 11 is 5.64. The minimum Gasteiger partial charge on any atom is -0.468 e. The summed E-state index contributed by atoms with van der Waals surface area (Å²) in [5.74, 6) is -1.05. The molecule has 1 heterocycles. The number of aromatic amines is 1. The highest BCUT2D eigenvalue weighted by Gasteiger charge is 2.16. The predicted octanol–water partition coefficient (Wildman–Crippen LogP) is -0.115. The van der Waals surface area contributed by atoms with Crippen LogP contribution in [-0.2, 0) is 9.53 Å². The Labute approximate surface area is 102 Å². The van der Waals surface area contributed by atoms with Gasteiger partial charge in [-0.25, -0.2) is 0 Å². The second-order valence-electron chi connectivity index (χ2n) is 3.14. The van der Waals surface area contributed by atoms with Crippen LogP contribution in [0.3, 0.4) is 0 Å². The summed E-state index contributed by atoms with van der Waals surface area (Å²) in [4.78, 5) is 35.6. The van der Waals surface area contributed by atoms with E-state index in [1.807, 2.05) is 0 Å². The molecular formula is C10H11ClN2O4. The summed E-state index contributed by atoms with van der Waals surface area (Å²) < 4.78 is 4.40. The van der Waals surface area contributed by atoms with Crippen molar-refractivity contribution < 1.29 is 14.3 Å². The summed E-state index contributed by atoms with van der Waals surface area (Å²) in [6.07, 6.45) is 1.28. The van der Waals surface area contributed by atoms with Gasteiger partial charge in [-0.3, -0.25) is 14.4 Å². The van der Waals surface area contributed by atoms with E-state index in [2.05, 4.69) is 15.0 Å². The lowest BCUT2D eigenvalue weighted by atomic mass is 10.2. The fourth-order valence-corrected chi connectivity index (χ4v) is 1.21. The monoisotopic (exact) mass is 258 g/mol. The van der Waals surface area contributed by atoms with Gasteiger partial charge in [-0.05, 0) is 6.07 Å². The smallest absolute Gasteiger partial charge is 0.325 e. The Morgan fingerprint density at radius 1 is 1.53 bits per heavy atom. The number of hydrogen-bond acceptors (Lipinski definition) is 4. The molecule has 92 valence electrons. The number of hydrogen-bond donors (Lipinski definition) is 2. The molecule has 0 saturated carbocycles. The summed E-state index contributed by atoms with van der Waals surface area (Å²) in [5.41, 5.74) is -0.0235. The van der Waals surface area contributed by atoms with Crippen molar-refractivity contribution in [3.05, 3.63) is 34.2 Å². The van der Waals surface area contributed by atoms with E-state index in [-0.39, 0.29) is 17.7 Å². The van der Waals surface area contributed by atoms with Gasteiger partial charge in [0.2, 0.25) is 5.56 Å². The molecule has 0 aromatic carbocycles. The van der Waals surface area contributed by atoms with Gasteiger partial charge in [-0.1, -0.05) is 0 Å². The third kappa shape index (κ3) is 3.92. The largest absolute Gasteiger partial charge is 0.468 e. The number of nitrogens with one attached hydrogen (secondary N) is 2. The van der Waals surface area contributed by atoms with Crippen LogP contribution in [-0.4, -0.2) is 35.9 Å². The number of alkyl halides is 1. The number of carbonyl (C=O) groups is 2. The number of aromatic nitrogens is 1. The Morgan fingerprint density at radius 3 is 2.76 bits per heavy atom. The van der Waals surface area contributed by atoms with Gasteiger partial charge in [0.05, 0.1) is 12.7 Å². The van der Waals surface area contributed by atoms with Crippen LogP contribution >= 0.6 is 11.6 Å². The first-order valence-electron chi connectivity index (χ1n) is 4.73. The van der Waals surface area contributed by atoms with E-state index in [9.17, 15) is 14.4 Å². The van der Waals surface area contributed by atoms with Crippen molar-refractivity contribution in [1.82, 2.24) is 10.3 Å². The molecule has 0 aliphatic heterocycles. The lowest BCUT2D eigenvalue weighted by molar-refractivity contribution is -0.140. The fraction of sp³-hybridized carbons (Fsp3) is 0.300. The molecule has 0 fully saturated rings. The topological polar surface area (TPSA) is 88.3 Å². The quantitative estimate of drug-likeness (QED) is 0.582. The average molecular weight is 259 g/mol. The zero-order valence-electron chi connectivity index (χ0n) is 9.03. The predicted molar refractivity (Wildman–Crippen MR) is 61.1 cm³/mol. The van der Waals surface area contributed by atoms with Crippen LogP contribution in [0.5, 0.6) is 0 Å². The zero-order valence-corrected chi connectivity index (χ0v) is 9.78. The van der Waals surface area contributed by atoms with E-state index in [1.54, 1.807) is 0 Å². The van der Waals surface area contributed by atoms with E-state index >= 15 is 0 Å². The number of carbonyl (C=O) groups excluding carboxylic acids is 2. The Balaban J connectivity index is 2.53. The number of halogens is 1. The highest BCUT2D eigenvalue weighted by Crippen LogP contribution is 1.98. The molecule has 1 unspecified atom stereocenters. The molecule has 0 aliphatic rings. The molecule has 1 aromatic heterocycles. The first-order valence-corrected chi connectivity index (χ1v) is 5.17. The lowest BCUT2D eigenvalue weighted by Gasteiger charge is -2.08. The molecule has 0 saturated heterocycles. The molecule has 17 heavy (non-hydrogen) atoms. The van der Waals surface area contributed by atoms with Crippen molar-refractivity contribution in [3.63, 3.8) is 0 Å². The number of rotatable bonds is 4. The molecular weight excluding hydrogens is 248 g/mol. The van der Waals surface area contributed by atoms with Crippen molar-refractivity contribution in [2.45, 2.75) is 5.38 Å². The van der Waals surface area contributed by atoms with Gasteiger partial charge in [0.1, 0.15) is 5.38 Å². The summed E-state index contributed by atoms with van der Waals surface area (Å²) in [6.45, 7) is -0.0494. The number of amides is 1. The van der Waals surface area contributed by atoms with Crippen LogP contribution in [0.25, 0.3) is 0 Å². The average Bonchev–Trinajstić information content (AvgIpc) is 2.35. The molecule has 0 bridgehead atoms. The van der Waals surface area contributed by atoms with Crippen LogP contribution in [0.2, 0.25) is 0 Å². The van der Waals surface area contributed by atoms with Crippen molar-refractivity contribution in [2.24, 2.45) is 0 Å². The highest BCUT2D eigenvalue weighted by atomic mass is 35.5.